The number of aryl methyl sites for hydroxylation is 1. The summed E-state index contributed by atoms with van der Waals surface area (Å²) in [7, 11) is 0. The van der Waals surface area contributed by atoms with Crippen LogP contribution in [0.15, 0.2) is 34.8 Å². The number of halogens is 1. The van der Waals surface area contributed by atoms with E-state index in [4.69, 9.17) is 0 Å². The number of anilines is 2. The maximum Gasteiger partial charge on any atom is 0.271 e. The molecular weight excluding hydrogens is 356 g/mol. The predicted molar refractivity (Wildman–Crippen MR) is 96.1 cm³/mol. The van der Waals surface area contributed by atoms with Gasteiger partial charge in [0.05, 0.1) is 0 Å². The van der Waals surface area contributed by atoms with Crippen molar-refractivity contribution in [2.45, 2.75) is 33.1 Å². The summed E-state index contributed by atoms with van der Waals surface area (Å²) in [6.07, 6.45) is 3.23. The Morgan fingerprint density at radius 1 is 1.17 bits per heavy atom. The molecule has 1 aromatic carbocycles. The molecule has 0 aliphatic carbocycles. The van der Waals surface area contributed by atoms with Gasteiger partial charge in [0.25, 0.3) is 5.91 Å². The molecule has 0 unspecified atom stereocenters. The molecule has 1 heterocycles. The fourth-order valence-electron chi connectivity index (χ4n) is 2.09. The summed E-state index contributed by atoms with van der Waals surface area (Å²) < 4.78 is 1.03. The number of carbonyl (C=O) groups excluding carboxylic acids is 1. The van der Waals surface area contributed by atoms with Crippen molar-refractivity contribution in [3.63, 3.8) is 0 Å². The molecule has 0 fully saturated rings. The maximum absolute atomic E-state index is 11.9. The van der Waals surface area contributed by atoms with E-state index < -0.39 is 0 Å². The Bertz CT molecular complexity index is 658. The average Bonchev–Trinajstić information content (AvgIpc) is 2.55. The highest BCUT2D eigenvalue weighted by molar-refractivity contribution is 9.10. The standard InChI is InChI=1S/C17H21BrN4O/c1-3-4-5-10-19-17(23)15-8-9-16(22-21-15)20-14-7-6-13(18)11-12(14)2/h6-9,11H,3-5,10H2,1-2H3,(H,19,23)(H,20,22). The van der Waals surface area contributed by atoms with Crippen LogP contribution in [-0.4, -0.2) is 22.6 Å². The largest absolute Gasteiger partial charge is 0.351 e. The molecule has 2 rings (SSSR count). The monoisotopic (exact) mass is 376 g/mol. The van der Waals surface area contributed by atoms with Crippen LogP contribution in [-0.2, 0) is 0 Å². The average molecular weight is 377 g/mol. The summed E-state index contributed by atoms with van der Waals surface area (Å²) in [6, 6.07) is 9.39. The lowest BCUT2D eigenvalue weighted by atomic mass is 10.2. The van der Waals surface area contributed by atoms with Gasteiger partial charge in [-0.25, -0.2) is 0 Å². The molecule has 0 bridgehead atoms. The Kier molecular flexibility index (Phi) is 6.52. The molecule has 6 heteroatoms. The van der Waals surface area contributed by atoms with Gasteiger partial charge in [0, 0.05) is 16.7 Å². The summed E-state index contributed by atoms with van der Waals surface area (Å²) >= 11 is 3.44. The van der Waals surface area contributed by atoms with Gasteiger partial charge in [-0.1, -0.05) is 35.7 Å². The highest BCUT2D eigenvalue weighted by atomic mass is 79.9. The Morgan fingerprint density at radius 3 is 2.65 bits per heavy atom. The number of hydrogen-bond donors (Lipinski definition) is 2. The lowest BCUT2D eigenvalue weighted by Crippen LogP contribution is -2.25. The van der Waals surface area contributed by atoms with Crippen LogP contribution < -0.4 is 10.6 Å². The van der Waals surface area contributed by atoms with Crippen molar-refractivity contribution in [3.8, 4) is 0 Å². The van der Waals surface area contributed by atoms with Crippen LogP contribution >= 0.6 is 15.9 Å². The van der Waals surface area contributed by atoms with Gasteiger partial charge >= 0.3 is 0 Å². The first-order valence-electron chi connectivity index (χ1n) is 7.75. The van der Waals surface area contributed by atoms with Crippen molar-refractivity contribution >= 4 is 33.3 Å². The zero-order valence-electron chi connectivity index (χ0n) is 13.4. The summed E-state index contributed by atoms with van der Waals surface area (Å²) in [5.74, 6) is 0.429. The summed E-state index contributed by atoms with van der Waals surface area (Å²) in [5, 5.41) is 14.1. The molecule has 23 heavy (non-hydrogen) atoms. The van der Waals surface area contributed by atoms with E-state index in [0.29, 0.717) is 18.1 Å². The molecular formula is C17H21BrN4O. The van der Waals surface area contributed by atoms with E-state index >= 15 is 0 Å². The van der Waals surface area contributed by atoms with Gasteiger partial charge in [-0.05, 0) is 49.2 Å². The van der Waals surface area contributed by atoms with Crippen molar-refractivity contribution in [1.82, 2.24) is 15.5 Å². The molecule has 5 nitrogen and oxygen atoms in total. The van der Waals surface area contributed by atoms with Crippen LogP contribution in [0.1, 0.15) is 42.2 Å². The minimum Gasteiger partial charge on any atom is -0.351 e. The first-order chi connectivity index (χ1) is 11.1. The molecule has 0 aliphatic rings. The third kappa shape index (κ3) is 5.32. The molecule has 0 aliphatic heterocycles. The van der Waals surface area contributed by atoms with E-state index in [-0.39, 0.29) is 5.91 Å². The van der Waals surface area contributed by atoms with E-state index in [1.807, 2.05) is 25.1 Å². The highest BCUT2D eigenvalue weighted by Crippen LogP contribution is 2.22. The van der Waals surface area contributed by atoms with Crippen LogP contribution in [0.3, 0.4) is 0 Å². The quantitative estimate of drug-likeness (QED) is 0.710. The number of hydrogen-bond acceptors (Lipinski definition) is 4. The van der Waals surface area contributed by atoms with Gasteiger partial charge < -0.3 is 10.6 Å². The van der Waals surface area contributed by atoms with Crippen LogP contribution in [0, 0.1) is 6.92 Å². The molecule has 0 saturated carbocycles. The molecule has 0 radical (unpaired) electrons. The van der Waals surface area contributed by atoms with E-state index in [1.165, 1.54) is 0 Å². The van der Waals surface area contributed by atoms with Gasteiger partial charge in [0.15, 0.2) is 11.5 Å². The van der Waals surface area contributed by atoms with Crippen molar-refractivity contribution in [3.05, 3.63) is 46.1 Å². The smallest absolute Gasteiger partial charge is 0.271 e. The molecule has 1 amide bonds. The van der Waals surface area contributed by atoms with E-state index in [1.54, 1.807) is 12.1 Å². The number of benzene rings is 1. The number of aromatic nitrogens is 2. The fraction of sp³-hybridized carbons (Fsp3) is 0.353. The Labute approximate surface area is 145 Å². The Morgan fingerprint density at radius 2 is 2.00 bits per heavy atom. The second-order valence-corrected chi connectivity index (χ2v) is 6.27. The first kappa shape index (κ1) is 17.4. The number of unbranched alkanes of at least 4 members (excludes halogenated alkanes) is 2. The zero-order chi connectivity index (χ0) is 16.7. The number of amides is 1. The minimum absolute atomic E-state index is 0.181. The normalized spacial score (nSPS) is 10.4. The SMILES string of the molecule is CCCCCNC(=O)c1ccc(Nc2ccc(Br)cc2C)nn1. The summed E-state index contributed by atoms with van der Waals surface area (Å²) in [6.45, 7) is 4.82. The summed E-state index contributed by atoms with van der Waals surface area (Å²) in [4.78, 5) is 11.9. The van der Waals surface area contributed by atoms with E-state index in [0.717, 1.165) is 35.0 Å². The second-order valence-electron chi connectivity index (χ2n) is 5.35. The highest BCUT2D eigenvalue weighted by Gasteiger charge is 2.08. The van der Waals surface area contributed by atoms with Crippen molar-refractivity contribution in [2.24, 2.45) is 0 Å². The second kappa shape index (κ2) is 8.62. The Balaban J connectivity index is 1.95. The lowest BCUT2D eigenvalue weighted by Gasteiger charge is -2.09. The van der Waals surface area contributed by atoms with Gasteiger partial charge in [-0.3, -0.25) is 4.79 Å². The molecule has 2 aromatic rings. The van der Waals surface area contributed by atoms with Gasteiger partial charge in [-0.15, -0.1) is 10.2 Å². The van der Waals surface area contributed by atoms with Crippen LogP contribution in [0.2, 0.25) is 0 Å². The van der Waals surface area contributed by atoms with Crippen molar-refractivity contribution in [2.75, 3.05) is 11.9 Å². The number of rotatable bonds is 7. The van der Waals surface area contributed by atoms with Crippen molar-refractivity contribution in [1.29, 1.82) is 0 Å². The fourth-order valence-corrected chi connectivity index (χ4v) is 2.57. The number of carbonyl (C=O) groups is 1. The Hall–Kier alpha value is -1.95. The molecule has 2 N–H and O–H groups in total. The molecule has 0 spiro atoms. The maximum atomic E-state index is 11.9. The number of nitrogens with zero attached hydrogens (tertiary/aromatic N) is 2. The molecule has 1 aromatic heterocycles. The van der Waals surface area contributed by atoms with Crippen LogP contribution in [0.5, 0.6) is 0 Å². The van der Waals surface area contributed by atoms with Gasteiger partial charge in [0.1, 0.15) is 0 Å². The molecule has 0 saturated heterocycles. The van der Waals surface area contributed by atoms with Gasteiger partial charge in [-0.2, -0.15) is 0 Å². The van der Waals surface area contributed by atoms with E-state index in [9.17, 15) is 4.79 Å². The van der Waals surface area contributed by atoms with Gasteiger partial charge in [0.2, 0.25) is 0 Å². The molecule has 0 atom stereocenters. The molecule has 122 valence electrons. The summed E-state index contributed by atoms with van der Waals surface area (Å²) in [5.41, 5.74) is 2.39. The minimum atomic E-state index is -0.181. The lowest BCUT2D eigenvalue weighted by molar-refractivity contribution is 0.0947. The topological polar surface area (TPSA) is 66.9 Å². The zero-order valence-corrected chi connectivity index (χ0v) is 15.0. The number of nitrogens with one attached hydrogen (secondary N) is 2. The third-order valence-electron chi connectivity index (χ3n) is 3.41. The first-order valence-corrected chi connectivity index (χ1v) is 8.54. The van der Waals surface area contributed by atoms with Crippen molar-refractivity contribution < 1.29 is 4.79 Å². The van der Waals surface area contributed by atoms with E-state index in [2.05, 4.69) is 43.7 Å². The predicted octanol–water partition coefficient (Wildman–Crippen LogP) is 4.21. The third-order valence-corrected chi connectivity index (χ3v) is 3.91. The van der Waals surface area contributed by atoms with Crippen LogP contribution in [0.4, 0.5) is 11.5 Å². The van der Waals surface area contributed by atoms with Crippen LogP contribution in [0.25, 0.3) is 0 Å².